The van der Waals surface area contributed by atoms with Crippen LogP contribution in [-0.2, 0) is 13.5 Å². The molecular formula is C13H16ClN3. The summed E-state index contributed by atoms with van der Waals surface area (Å²) in [7, 11) is 3.85. The predicted octanol–water partition coefficient (Wildman–Crippen LogP) is 2.58. The molecule has 0 bridgehead atoms. The first kappa shape index (κ1) is 12.1. The van der Waals surface area contributed by atoms with Gasteiger partial charge in [-0.25, -0.2) is 0 Å². The van der Waals surface area contributed by atoms with Crippen LogP contribution in [0, 0.1) is 0 Å². The highest BCUT2D eigenvalue weighted by Gasteiger charge is 2.17. The summed E-state index contributed by atoms with van der Waals surface area (Å²) in [6, 6.07) is 10.5. The van der Waals surface area contributed by atoms with Gasteiger partial charge in [0.15, 0.2) is 0 Å². The van der Waals surface area contributed by atoms with Gasteiger partial charge in [0, 0.05) is 7.05 Å². The predicted molar refractivity (Wildman–Crippen MR) is 70.2 cm³/mol. The molecule has 1 aromatic heterocycles. The van der Waals surface area contributed by atoms with E-state index in [9.17, 15) is 0 Å². The van der Waals surface area contributed by atoms with Gasteiger partial charge < -0.3 is 5.32 Å². The van der Waals surface area contributed by atoms with E-state index in [1.165, 1.54) is 5.56 Å². The summed E-state index contributed by atoms with van der Waals surface area (Å²) in [5.74, 6) is 0. The van der Waals surface area contributed by atoms with E-state index in [1.807, 2.05) is 37.0 Å². The molecule has 2 rings (SSSR count). The lowest BCUT2D eigenvalue weighted by molar-refractivity contribution is 0.537. The van der Waals surface area contributed by atoms with Crippen LogP contribution in [0.5, 0.6) is 0 Å². The van der Waals surface area contributed by atoms with Crippen LogP contribution in [0.2, 0.25) is 5.02 Å². The monoisotopic (exact) mass is 249 g/mol. The number of aryl methyl sites for hydroxylation is 1. The molecule has 1 N–H and O–H groups in total. The minimum absolute atomic E-state index is 0.178. The second-order valence-electron chi connectivity index (χ2n) is 4.03. The summed E-state index contributed by atoms with van der Waals surface area (Å²) in [6.07, 6.45) is 2.59. The fourth-order valence-electron chi connectivity index (χ4n) is 2.00. The number of hydrogen-bond donors (Lipinski definition) is 1. The van der Waals surface area contributed by atoms with E-state index in [0.29, 0.717) is 5.02 Å². The van der Waals surface area contributed by atoms with Crippen LogP contribution in [0.3, 0.4) is 0 Å². The minimum atomic E-state index is 0.178. The van der Waals surface area contributed by atoms with Gasteiger partial charge in [-0.3, -0.25) is 4.68 Å². The lowest BCUT2D eigenvalue weighted by atomic mass is 10.0. The summed E-state index contributed by atoms with van der Waals surface area (Å²) in [4.78, 5) is 0. The number of halogens is 1. The SMILES string of the molecule is CNC(Cc1ccccc1)c1c(Cl)cnn1C. The zero-order chi connectivity index (χ0) is 12.3. The van der Waals surface area contributed by atoms with Gasteiger partial charge in [-0.1, -0.05) is 41.9 Å². The van der Waals surface area contributed by atoms with Crippen LogP contribution < -0.4 is 5.32 Å². The molecule has 0 fully saturated rings. The fraction of sp³-hybridized carbons (Fsp3) is 0.308. The second kappa shape index (κ2) is 5.34. The van der Waals surface area contributed by atoms with Crippen molar-refractivity contribution in [3.8, 4) is 0 Å². The van der Waals surface area contributed by atoms with Crippen LogP contribution in [0.25, 0.3) is 0 Å². The average Bonchev–Trinajstić information content (AvgIpc) is 2.68. The zero-order valence-electron chi connectivity index (χ0n) is 10.0. The topological polar surface area (TPSA) is 29.9 Å². The number of hydrogen-bond acceptors (Lipinski definition) is 2. The van der Waals surface area contributed by atoms with Crippen molar-refractivity contribution < 1.29 is 0 Å². The standard InChI is InChI=1S/C13H16ClN3/c1-15-12(8-10-6-4-3-5-7-10)13-11(14)9-16-17(13)2/h3-7,9,12,15H,8H2,1-2H3. The highest BCUT2D eigenvalue weighted by Crippen LogP contribution is 2.24. The largest absolute Gasteiger partial charge is 0.311 e. The lowest BCUT2D eigenvalue weighted by Gasteiger charge is -2.17. The maximum atomic E-state index is 6.16. The number of benzene rings is 1. The summed E-state index contributed by atoms with van der Waals surface area (Å²) >= 11 is 6.16. The van der Waals surface area contributed by atoms with Crippen LogP contribution in [-0.4, -0.2) is 16.8 Å². The molecule has 0 aliphatic rings. The van der Waals surface area contributed by atoms with E-state index in [1.54, 1.807) is 6.20 Å². The molecule has 4 heteroatoms. The molecule has 0 aliphatic heterocycles. The van der Waals surface area contributed by atoms with E-state index in [0.717, 1.165) is 12.1 Å². The Labute approximate surface area is 106 Å². The van der Waals surface area contributed by atoms with Gasteiger partial charge in [-0.05, 0) is 19.0 Å². The van der Waals surface area contributed by atoms with Gasteiger partial charge in [0.25, 0.3) is 0 Å². The van der Waals surface area contributed by atoms with Crippen LogP contribution >= 0.6 is 11.6 Å². The number of likely N-dealkylation sites (N-methyl/N-ethyl adjacent to an activating group) is 1. The van der Waals surface area contributed by atoms with Crippen molar-refractivity contribution in [2.24, 2.45) is 7.05 Å². The van der Waals surface area contributed by atoms with Gasteiger partial charge in [0.05, 0.1) is 23.0 Å². The molecule has 1 atom stereocenters. The molecule has 0 aliphatic carbocycles. The normalized spacial score (nSPS) is 12.6. The third kappa shape index (κ3) is 2.68. The van der Waals surface area contributed by atoms with Crippen molar-refractivity contribution in [2.45, 2.75) is 12.5 Å². The first-order chi connectivity index (χ1) is 8.22. The third-order valence-electron chi connectivity index (χ3n) is 2.90. The lowest BCUT2D eigenvalue weighted by Crippen LogP contribution is -2.22. The molecule has 0 spiro atoms. The molecule has 0 amide bonds. The summed E-state index contributed by atoms with van der Waals surface area (Å²) < 4.78 is 1.83. The maximum absolute atomic E-state index is 6.16. The highest BCUT2D eigenvalue weighted by molar-refractivity contribution is 6.31. The van der Waals surface area contributed by atoms with Crippen LogP contribution in [0.15, 0.2) is 36.5 Å². The quantitative estimate of drug-likeness (QED) is 0.903. The number of rotatable bonds is 4. The molecule has 90 valence electrons. The number of aromatic nitrogens is 2. The van der Waals surface area contributed by atoms with Crippen molar-refractivity contribution in [1.29, 1.82) is 0 Å². The molecule has 2 aromatic rings. The zero-order valence-corrected chi connectivity index (χ0v) is 10.8. The summed E-state index contributed by atoms with van der Waals surface area (Å²) in [5, 5.41) is 8.17. The molecule has 3 nitrogen and oxygen atoms in total. The first-order valence-electron chi connectivity index (χ1n) is 5.61. The maximum Gasteiger partial charge on any atom is 0.0834 e. The van der Waals surface area contributed by atoms with Crippen LogP contribution in [0.1, 0.15) is 17.3 Å². The molecule has 1 aromatic carbocycles. The molecule has 0 saturated heterocycles. The molecule has 17 heavy (non-hydrogen) atoms. The van der Waals surface area contributed by atoms with E-state index in [2.05, 4.69) is 22.5 Å². The average molecular weight is 250 g/mol. The Morgan fingerprint density at radius 1 is 1.35 bits per heavy atom. The van der Waals surface area contributed by atoms with E-state index < -0.39 is 0 Å². The third-order valence-corrected chi connectivity index (χ3v) is 3.19. The Bertz CT molecular complexity index is 459. The van der Waals surface area contributed by atoms with Crippen molar-refractivity contribution >= 4 is 11.6 Å². The Balaban J connectivity index is 2.23. The first-order valence-corrected chi connectivity index (χ1v) is 5.98. The number of nitrogens with one attached hydrogen (secondary N) is 1. The van der Waals surface area contributed by atoms with Gasteiger partial charge >= 0.3 is 0 Å². The van der Waals surface area contributed by atoms with Crippen molar-refractivity contribution in [2.75, 3.05) is 7.05 Å². The van der Waals surface area contributed by atoms with Crippen molar-refractivity contribution in [3.05, 3.63) is 52.8 Å². The van der Waals surface area contributed by atoms with E-state index >= 15 is 0 Å². The Morgan fingerprint density at radius 3 is 2.59 bits per heavy atom. The molecule has 1 heterocycles. The smallest absolute Gasteiger partial charge is 0.0834 e. The van der Waals surface area contributed by atoms with Gasteiger partial charge in [0.2, 0.25) is 0 Å². The van der Waals surface area contributed by atoms with E-state index in [-0.39, 0.29) is 6.04 Å². The number of nitrogens with zero attached hydrogens (tertiary/aromatic N) is 2. The Hall–Kier alpha value is -1.32. The van der Waals surface area contributed by atoms with E-state index in [4.69, 9.17) is 11.6 Å². The Kier molecular flexibility index (Phi) is 3.82. The van der Waals surface area contributed by atoms with Gasteiger partial charge in [0.1, 0.15) is 0 Å². The summed E-state index contributed by atoms with van der Waals surface area (Å²) in [5.41, 5.74) is 2.31. The van der Waals surface area contributed by atoms with Crippen molar-refractivity contribution in [1.82, 2.24) is 15.1 Å². The summed E-state index contributed by atoms with van der Waals surface area (Å²) in [6.45, 7) is 0. The molecule has 1 unspecified atom stereocenters. The van der Waals surface area contributed by atoms with Gasteiger partial charge in [-0.15, -0.1) is 0 Å². The highest BCUT2D eigenvalue weighted by atomic mass is 35.5. The minimum Gasteiger partial charge on any atom is -0.311 e. The van der Waals surface area contributed by atoms with Gasteiger partial charge in [-0.2, -0.15) is 5.10 Å². The fourth-order valence-corrected chi connectivity index (χ4v) is 2.30. The van der Waals surface area contributed by atoms with Crippen LogP contribution in [0.4, 0.5) is 0 Å². The molecule has 0 radical (unpaired) electrons. The van der Waals surface area contributed by atoms with Crippen molar-refractivity contribution in [3.63, 3.8) is 0 Å². The Morgan fingerprint density at radius 2 is 2.06 bits per heavy atom. The molecule has 0 saturated carbocycles. The second-order valence-corrected chi connectivity index (χ2v) is 4.44. The molecular weight excluding hydrogens is 234 g/mol.